The van der Waals surface area contributed by atoms with Crippen LogP contribution in [-0.2, 0) is 14.3 Å². The Labute approximate surface area is 114 Å². The number of amides is 1. The number of esters is 1. The van der Waals surface area contributed by atoms with Crippen LogP contribution in [0.4, 0.5) is 4.79 Å². The van der Waals surface area contributed by atoms with Crippen LogP contribution in [0.25, 0.3) is 0 Å². The van der Waals surface area contributed by atoms with Gasteiger partial charge in [-0.1, -0.05) is 12.2 Å². The predicted molar refractivity (Wildman–Crippen MR) is 71.7 cm³/mol. The zero-order valence-corrected chi connectivity index (χ0v) is 12.1. The van der Waals surface area contributed by atoms with Gasteiger partial charge in [0.1, 0.15) is 5.60 Å². The number of hydrogen-bond acceptors (Lipinski definition) is 4. The van der Waals surface area contributed by atoms with Gasteiger partial charge < -0.3 is 14.4 Å². The number of methoxy groups -OCH3 is 1. The Hall–Kier alpha value is -1.52. The number of allylic oxidation sites excluding steroid dienone is 1. The second kappa shape index (κ2) is 6.59. The highest BCUT2D eigenvalue weighted by Crippen LogP contribution is 2.16. The summed E-state index contributed by atoms with van der Waals surface area (Å²) in [6.07, 6.45) is 4.93. The molecule has 0 bridgehead atoms. The monoisotopic (exact) mass is 269 g/mol. The van der Waals surface area contributed by atoms with Gasteiger partial charge in [0.15, 0.2) is 0 Å². The summed E-state index contributed by atoms with van der Waals surface area (Å²) < 4.78 is 10.1. The Balaban J connectivity index is 2.73. The number of nitrogens with zero attached hydrogens (tertiary/aromatic N) is 1. The minimum absolute atomic E-state index is 0.292. The van der Waals surface area contributed by atoms with Gasteiger partial charge >= 0.3 is 12.1 Å². The second-order valence-corrected chi connectivity index (χ2v) is 5.64. The van der Waals surface area contributed by atoms with E-state index in [2.05, 4.69) is 0 Å². The average Bonchev–Trinajstić information content (AvgIpc) is 2.25. The van der Waals surface area contributed by atoms with Crippen molar-refractivity contribution in [3.05, 3.63) is 12.2 Å². The molecule has 5 nitrogen and oxygen atoms in total. The summed E-state index contributed by atoms with van der Waals surface area (Å²) in [6.45, 7) is 6.37. The van der Waals surface area contributed by atoms with Gasteiger partial charge in [0, 0.05) is 13.1 Å². The van der Waals surface area contributed by atoms with Crippen LogP contribution in [0.1, 0.15) is 33.6 Å². The molecule has 0 spiro atoms. The number of ether oxygens (including phenoxy) is 2. The third-order valence-electron chi connectivity index (χ3n) is 2.78. The zero-order valence-electron chi connectivity index (χ0n) is 12.1. The maximum absolute atomic E-state index is 12.1. The number of carbonyl (C=O) groups excluding carboxylic acids is 2. The highest BCUT2D eigenvalue weighted by Gasteiger charge is 2.28. The fourth-order valence-electron chi connectivity index (χ4n) is 1.87. The SMILES string of the molecule is COC(=O)C1C/C=C\CCN(C(=O)OC(C)(C)C)C1. The van der Waals surface area contributed by atoms with E-state index in [1.54, 1.807) is 4.90 Å². The molecule has 0 saturated carbocycles. The van der Waals surface area contributed by atoms with Gasteiger partial charge in [-0.2, -0.15) is 0 Å². The van der Waals surface area contributed by atoms with Gasteiger partial charge in [0.05, 0.1) is 13.0 Å². The molecular weight excluding hydrogens is 246 g/mol. The zero-order chi connectivity index (χ0) is 14.5. The maximum Gasteiger partial charge on any atom is 0.410 e. The van der Waals surface area contributed by atoms with Gasteiger partial charge in [-0.05, 0) is 33.6 Å². The van der Waals surface area contributed by atoms with Crippen molar-refractivity contribution in [3.8, 4) is 0 Å². The van der Waals surface area contributed by atoms with E-state index in [0.29, 0.717) is 19.5 Å². The smallest absolute Gasteiger partial charge is 0.410 e. The van der Waals surface area contributed by atoms with Crippen LogP contribution in [0.15, 0.2) is 12.2 Å². The lowest BCUT2D eigenvalue weighted by atomic mass is 10.0. The lowest BCUT2D eigenvalue weighted by Gasteiger charge is -2.30. The largest absolute Gasteiger partial charge is 0.469 e. The van der Waals surface area contributed by atoms with Crippen molar-refractivity contribution >= 4 is 12.1 Å². The number of rotatable bonds is 1. The van der Waals surface area contributed by atoms with Crippen LogP contribution in [-0.4, -0.2) is 42.8 Å². The fourth-order valence-corrected chi connectivity index (χ4v) is 1.87. The van der Waals surface area contributed by atoms with E-state index in [1.165, 1.54) is 7.11 Å². The van der Waals surface area contributed by atoms with E-state index >= 15 is 0 Å². The summed E-state index contributed by atoms with van der Waals surface area (Å²) in [5.41, 5.74) is -0.532. The lowest BCUT2D eigenvalue weighted by molar-refractivity contribution is -0.145. The summed E-state index contributed by atoms with van der Waals surface area (Å²) in [6, 6.07) is 0. The Morgan fingerprint density at radius 3 is 2.53 bits per heavy atom. The first kappa shape index (κ1) is 15.5. The molecule has 0 fully saturated rings. The molecule has 0 radical (unpaired) electrons. The second-order valence-electron chi connectivity index (χ2n) is 5.64. The normalized spacial score (nSPS) is 22.1. The minimum atomic E-state index is -0.532. The lowest BCUT2D eigenvalue weighted by Crippen LogP contribution is -2.42. The van der Waals surface area contributed by atoms with E-state index in [1.807, 2.05) is 32.9 Å². The summed E-state index contributed by atoms with van der Waals surface area (Å²) in [7, 11) is 1.36. The van der Waals surface area contributed by atoms with Gasteiger partial charge in [-0.15, -0.1) is 0 Å². The maximum atomic E-state index is 12.1. The molecule has 0 aliphatic carbocycles. The Bertz CT molecular complexity index is 357. The van der Waals surface area contributed by atoms with Crippen molar-refractivity contribution < 1.29 is 19.1 Å². The number of carbonyl (C=O) groups is 2. The van der Waals surface area contributed by atoms with Crippen molar-refractivity contribution in [1.82, 2.24) is 4.90 Å². The first-order chi connectivity index (χ1) is 8.83. The molecule has 1 rings (SSSR count). The molecule has 0 aromatic carbocycles. The first-order valence-electron chi connectivity index (χ1n) is 6.54. The number of hydrogen-bond donors (Lipinski definition) is 0. The van der Waals surface area contributed by atoms with E-state index in [4.69, 9.17) is 9.47 Å². The fraction of sp³-hybridized carbons (Fsp3) is 0.714. The highest BCUT2D eigenvalue weighted by molar-refractivity contribution is 5.74. The van der Waals surface area contributed by atoms with E-state index in [9.17, 15) is 9.59 Å². The van der Waals surface area contributed by atoms with Gasteiger partial charge in [0.2, 0.25) is 0 Å². The van der Waals surface area contributed by atoms with E-state index < -0.39 is 5.60 Å². The predicted octanol–water partition coefficient (Wildman–Crippen LogP) is 2.36. The van der Waals surface area contributed by atoms with Gasteiger partial charge in [-0.3, -0.25) is 4.79 Å². The quantitative estimate of drug-likeness (QED) is 0.541. The van der Waals surface area contributed by atoms with Gasteiger partial charge in [-0.25, -0.2) is 4.79 Å². The van der Waals surface area contributed by atoms with Gasteiger partial charge in [0.25, 0.3) is 0 Å². The summed E-state index contributed by atoms with van der Waals surface area (Å²) in [4.78, 5) is 25.3. The molecule has 1 amide bonds. The molecule has 1 unspecified atom stereocenters. The molecule has 1 aliphatic rings. The van der Waals surface area contributed by atoms with Crippen molar-refractivity contribution in [2.75, 3.05) is 20.2 Å². The molecule has 5 heteroatoms. The van der Waals surface area contributed by atoms with Crippen LogP contribution in [0.5, 0.6) is 0 Å². The van der Waals surface area contributed by atoms with Crippen LogP contribution in [0.3, 0.4) is 0 Å². The van der Waals surface area contributed by atoms with E-state index in [0.717, 1.165) is 6.42 Å². The molecule has 0 aromatic heterocycles. The van der Waals surface area contributed by atoms with Crippen LogP contribution in [0, 0.1) is 5.92 Å². The Morgan fingerprint density at radius 2 is 1.95 bits per heavy atom. The molecule has 19 heavy (non-hydrogen) atoms. The Kier molecular flexibility index (Phi) is 5.39. The van der Waals surface area contributed by atoms with Crippen molar-refractivity contribution in [2.45, 2.75) is 39.2 Å². The first-order valence-corrected chi connectivity index (χ1v) is 6.54. The molecular formula is C14H23NO4. The Morgan fingerprint density at radius 1 is 1.26 bits per heavy atom. The third kappa shape index (κ3) is 5.32. The average molecular weight is 269 g/mol. The molecule has 108 valence electrons. The molecule has 0 saturated heterocycles. The van der Waals surface area contributed by atoms with Crippen LogP contribution < -0.4 is 0 Å². The van der Waals surface area contributed by atoms with Crippen LogP contribution in [0.2, 0.25) is 0 Å². The summed E-state index contributed by atoms with van der Waals surface area (Å²) in [5.74, 6) is -0.617. The standard InChI is InChI=1S/C14H23NO4/c1-14(2,3)19-13(17)15-9-7-5-6-8-11(10-15)12(16)18-4/h5-6,11H,7-10H2,1-4H3/b6-5-. The topological polar surface area (TPSA) is 55.8 Å². The molecule has 0 N–H and O–H groups in total. The van der Waals surface area contributed by atoms with Crippen molar-refractivity contribution in [1.29, 1.82) is 0 Å². The highest BCUT2D eigenvalue weighted by atomic mass is 16.6. The van der Waals surface area contributed by atoms with E-state index in [-0.39, 0.29) is 18.0 Å². The third-order valence-corrected chi connectivity index (χ3v) is 2.78. The molecule has 1 heterocycles. The minimum Gasteiger partial charge on any atom is -0.469 e. The summed E-state index contributed by atoms with van der Waals surface area (Å²) in [5, 5.41) is 0. The molecule has 0 aromatic rings. The summed E-state index contributed by atoms with van der Waals surface area (Å²) >= 11 is 0. The van der Waals surface area contributed by atoms with Crippen molar-refractivity contribution in [2.24, 2.45) is 5.92 Å². The molecule has 1 atom stereocenters. The van der Waals surface area contributed by atoms with Crippen molar-refractivity contribution in [3.63, 3.8) is 0 Å². The van der Waals surface area contributed by atoms with Crippen LogP contribution >= 0.6 is 0 Å². The molecule has 1 aliphatic heterocycles.